The smallest absolute Gasteiger partial charge is 0.268 e. The molecule has 4 heteroatoms. The van der Waals surface area contributed by atoms with Crippen LogP contribution in [0, 0.1) is 0 Å². The Bertz CT molecular complexity index is 448. The standard InChI is InChI=1S/C9H8N2O2/c10-11-9(12)7-3-1-2-6-4-5-13-8(6)7/h1-5H,10H2,(H,11,12). The maximum Gasteiger partial charge on any atom is 0.268 e. The van der Waals surface area contributed by atoms with Gasteiger partial charge in [0.05, 0.1) is 11.8 Å². The summed E-state index contributed by atoms with van der Waals surface area (Å²) in [6, 6.07) is 7.10. The molecule has 2 rings (SSSR count). The predicted octanol–water partition coefficient (Wildman–Crippen LogP) is 1.04. The molecule has 0 unspecified atom stereocenters. The number of amides is 1. The predicted molar refractivity (Wildman–Crippen MR) is 47.9 cm³/mol. The number of hydrazine groups is 1. The number of fused-ring (bicyclic) bond motifs is 1. The quantitative estimate of drug-likeness (QED) is 0.387. The fraction of sp³-hybridized carbons (Fsp3) is 0. The summed E-state index contributed by atoms with van der Waals surface area (Å²) >= 11 is 0. The normalized spacial score (nSPS) is 10.2. The van der Waals surface area contributed by atoms with E-state index in [1.165, 1.54) is 6.26 Å². The second-order valence-electron chi connectivity index (χ2n) is 2.62. The fourth-order valence-corrected chi connectivity index (χ4v) is 1.25. The van der Waals surface area contributed by atoms with E-state index in [1.54, 1.807) is 18.2 Å². The molecule has 2 aromatic rings. The van der Waals surface area contributed by atoms with Crippen LogP contribution in [0.2, 0.25) is 0 Å². The molecule has 1 amide bonds. The van der Waals surface area contributed by atoms with Crippen molar-refractivity contribution in [2.45, 2.75) is 0 Å². The van der Waals surface area contributed by atoms with Crippen molar-refractivity contribution < 1.29 is 9.21 Å². The van der Waals surface area contributed by atoms with Crippen molar-refractivity contribution in [3.05, 3.63) is 36.1 Å². The van der Waals surface area contributed by atoms with Crippen molar-refractivity contribution >= 4 is 16.9 Å². The Balaban J connectivity index is 2.67. The minimum atomic E-state index is -0.347. The molecule has 0 spiro atoms. The van der Waals surface area contributed by atoms with Crippen LogP contribution < -0.4 is 11.3 Å². The average Bonchev–Trinajstić information content (AvgIpc) is 2.63. The Kier molecular flexibility index (Phi) is 1.75. The van der Waals surface area contributed by atoms with Crippen LogP contribution in [0.5, 0.6) is 0 Å². The summed E-state index contributed by atoms with van der Waals surface area (Å²) < 4.78 is 5.16. The molecule has 3 N–H and O–H groups in total. The molecule has 0 bridgehead atoms. The van der Waals surface area contributed by atoms with Gasteiger partial charge in [-0.15, -0.1) is 0 Å². The molecule has 13 heavy (non-hydrogen) atoms. The number of nitrogens with two attached hydrogens (primary N) is 1. The van der Waals surface area contributed by atoms with Crippen LogP contribution in [0.3, 0.4) is 0 Å². The Morgan fingerprint density at radius 2 is 2.23 bits per heavy atom. The third-order valence-corrected chi connectivity index (χ3v) is 1.85. The van der Waals surface area contributed by atoms with Gasteiger partial charge in [-0.1, -0.05) is 12.1 Å². The van der Waals surface area contributed by atoms with Gasteiger partial charge in [0.15, 0.2) is 0 Å². The first-order valence-corrected chi connectivity index (χ1v) is 3.80. The number of carbonyl (C=O) groups excluding carboxylic acids is 1. The van der Waals surface area contributed by atoms with E-state index in [-0.39, 0.29) is 5.91 Å². The summed E-state index contributed by atoms with van der Waals surface area (Å²) in [7, 11) is 0. The summed E-state index contributed by atoms with van der Waals surface area (Å²) in [4.78, 5) is 11.2. The largest absolute Gasteiger partial charge is 0.464 e. The SMILES string of the molecule is NNC(=O)c1cccc2ccoc12. The Labute approximate surface area is 74.3 Å². The molecule has 0 fully saturated rings. The Morgan fingerprint density at radius 1 is 1.38 bits per heavy atom. The summed E-state index contributed by atoms with van der Waals surface area (Å²) in [5, 5.41) is 0.890. The van der Waals surface area contributed by atoms with Crippen molar-refractivity contribution in [3.63, 3.8) is 0 Å². The molecular weight excluding hydrogens is 168 g/mol. The second-order valence-corrected chi connectivity index (χ2v) is 2.62. The van der Waals surface area contributed by atoms with E-state index in [1.807, 2.05) is 6.07 Å². The number of carbonyl (C=O) groups is 1. The maximum atomic E-state index is 11.2. The summed E-state index contributed by atoms with van der Waals surface area (Å²) in [6.45, 7) is 0. The van der Waals surface area contributed by atoms with E-state index in [0.29, 0.717) is 11.1 Å². The van der Waals surface area contributed by atoms with Crippen LogP contribution in [-0.2, 0) is 0 Å². The highest BCUT2D eigenvalue weighted by atomic mass is 16.3. The van der Waals surface area contributed by atoms with Crippen molar-refractivity contribution in [1.29, 1.82) is 0 Å². The van der Waals surface area contributed by atoms with Crippen LogP contribution in [0.1, 0.15) is 10.4 Å². The Morgan fingerprint density at radius 3 is 3.00 bits per heavy atom. The van der Waals surface area contributed by atoms with Crippen molar-refractivity contribution in [3.8, 4) is 0 Å². The first-order valence-electron chi connectivity index (χ1n) is 3.80. The lowest BCUT2D eigenvalue weighted by atomic mass is 10.1. The zero-order valence-corrected chi connectivity index (χ0v) is 6.78. The third-order valence-electron chi connectivity index (χ3n) is 1.85. The summed E-state index contributed by atoms with van der Waals surface area (Å²) in [6.07, 6.45) is 1.54. The van der Waals surface area contributed by atoms with E-state index in [9.17, 15) is 4.79 Å². The van der Waals surface area contributed by atoms with Gasteiger partial charge < -0.3 is 4.42 Å². The van der Waals surface area contributed by atoms with E-state index >= 15 is 0 Å². The lowest BCUT2D eigenvalue weighted by Crippen LogP contribution is -2.30. The zero-order valence-electron chi connectivity index (χ0n) is 6.78. The molecule has 0 aliphatic heterocycles. The minimum Gasteiger partial charge on any atom is -0.464 e. The number of furan rings is 1. The van der Waals surface area contributed by atoms with E-state index < -0.39 is 0 Å². The molecule has 0 atom stereocenters. The number of para-hydroxylation sites is 1. The molecular formula is C9H8N2O2. The highest BCUT2D eigenvalue weighted by molar-refractivity contribution is 6.04. The molecule has 1 aromatic carbocycles. The van der Waals surface area contributed by atoms with Crippen LogP contribution in [0.15, 0.2) is 34.9 Å². The number of nitrogen functional groups attached to an aromatic ring is 1. The zero-order chi connectivity index (χ0) is 9.26. The maximum absolute atomic E-state index is 11.2. The Hall–Kier alpha value is -1.81. The topological polar surface area (TPSA) is 68.3 Å². The minimum absolute atomic E-state index is 0.347. The number of hydrogen-bond acceptors (Lipinski definition) is 3. The van der Waals surface area contributed by atoms with Gasteiger partial charge in [0, 0.05) is 5.39 Å². The van der Waals surface area contributed by atoms with E-state index in [2.05, 4.69) is 5.43 Å². The van der Waals surface area contributed by atoms with E-state index in [4.69, 9.17) is 10.3 Å². The third kappa shape index (κ3) is 1.17. The molecule has 0 saturated heterocycles. The first kappa shape index (κ1) is 7.82. The lowest BCUT2D eigenvalue weighted by Gasteiger charge is -1.98. The van der Waals surface area contributed by atoms with Crippen LogP contribution in [-0.4, -0.2) is 5.91 Å². The number of rotatable bonds is 1. The van der Waals surface area contributed by atoms with Gasteiger partial charge in [0.1, 0.15) is 5.58 Å². The molecule has 0 aliphatic carbocycles. The average molecular weight is 176 g/mol. The number of benzene rings is 1. The van der Waals surface area contributed by atoms with Gasteiger partial charge >= 0.3 is 0 Å². The van der Waals surface area contributed by atoms with Gasteiger partial charge in [-0.3, -0.25) is 10.2 Å². The monoisotopic (exact) mass is 176 g/mol. The van der Waals surface area contributed by atoms with Gasteiger partial charge in [-0.25, -0.2) is 5.84 Å². The molecule has 0 aliphatic rings. The van der Waals surface area contributed by atoms with Gasteiger partial charge in [0.25, 0.3) is 5.91 Å². The van der Waals surface area contributed by atoms with Crippen molar-refractivity contribution in [2.24, 2.45) is 5.84 Å². The van der Waals surface area contributed by atoms with Crippen molar-refractivity contribution in [2.75, 3.05) is 0 Å². The van der Waals surface area contributed by atoms with Crippen LogP contribution in [0.4, 0.5) is 0 Å². The highest BCUT2D eigenvalue weighted by Gasteiger charge is 2.09. The number of nitrogens with one attached hydrogen (secondary N) is 1. The molecule has 4 nitrogen and oxygen atoms in total. The number of hydrogen-bond donors (Lipinski definition) is 2. The lowest BCUT2D eigenvalue weighted by molar-refractivity contribution is 0.0954. The molecule has 1 heterocycles. The van der Waals surface area contributed by atoms with Crippen LogP contribution in [0.25, 0.3) is 11.0 Å². The van der Waals surface area contributed by atoms with Gasteiger partial charge in [0.2, 0.25) is 0 Å². The van der Waals surface area contributed by atoms with Gasteiger partial charge in [-0.2, -0.15) is 0 Å². The molecule has 66 valence electrons. The van der Waals surface area contributed by atoms with Crippen LogP contribution >= 0.6 is 0 Å². The molecule has 0 saturated carbocycles. The van der Waals surface area contributed by atoms with E-state index in [0.717, 1.165) is 5.39 Å². The van der Waals surface area contributed by atoms with Gasteiger partial charge in [-0.05, 0) is 12.1 Å². The molecule has 1 aromatic heterocycles. The summed E-state index contributed by atoms with van der Waals surface area (Å²) in [5.74, 6) is 4.68. The first-order chi connectivity index (χ1) is 6.33. The summed E-state index contributed by atoms with van der Waals surface area (Å²) in [5.41, 5.74) is 3.07. The molecule has 0 radical (unpaired) electrons. The fourth-order valence-electron chi connectivity index (χ4n) is 1.25. The second kappa shape index (κ2) is 2.91. The van der Waals surface area contributed by atoms with Crippen molar-refractivity contribution in [1.82, 2.24) is 5.43 Å². The highest BCUT2D eigenvalue weighted by Crippen LogP contribution is 2.19.